The molecular weight excluding hydrogens is 765 g/mol. The summed E-state index contributed by atoms with van der Waals surface area (Å²) in [4.78, 5) is 14.0. The number of allylic oxidation sites excluding steroid dienone is 4. The van der Waals surface area contributed by atoms with Gasteiger partial charge in [0.1, 0.15) is 5.82 Å². The zero-order valence-corrected chi connectivity index (χ0v) is 37.3. The maximum atomic E-state index is 4.81. The van der Waals surface area contributed by atoms with Gasteiger partial charge in [0.15, 0.2) is 11.6 Å². The largest absolute Gasteiger partial charge is 0.309 e. The second-order valence-corrected chi connectivity index (χ2v) is 17.7. The average Bonchev–Trinajstić information content (AvgIpc) is 3.76. The van der Waals surface area contributed by atoms with E-state index in [1.165, 1.54) is 83.1 Å². The van der Waals surface area contributed by atoms with Crippen LogP contribution in [0.4, 0.5) is 0 Å². The number of aromatic nitrogens is 4. The van der Waals surface area contributed by atoms with Crippen LogP contribution < -0.4 is 0 Å². The standard InChI is InChI=1S/C35H31N.C24H21N3/c1-22-12-8-9-15-25(22)26-18-19-28-29-20-21-30-27-16-10-11-17-31(27)36(24-13-6-5-7-14-24)34(30)33(29)35(3,4)32(28)23(26)2;1-16-10-7-8-14-20(16)22-17(2)11-9-15-21(22)24-26-18(3)25-23(27-24)19-12-5-4-6-13-19/h5-17,20-21H,18-19H2,1-4H3;4-15H,1-3H3. The van der Waals surface area contributed by atoms with Crippen molar-refractivity contribution < 1.29 is 0 Å². The first-order valence-corrected chi connectivity index (χ1v) is 22.2. The number of nitrogens with zero attached hydrogens (tertiary/aromatic N) is 4. The van der Waals surface area contributed by atoms with Crippen molar-refractivity contribution in [1.82, 2.24) is 19.5 Å². The summed E-state index contributed by atoms with van der Waals surface area (Å²) < 4.78 is 2.50. The molecule has 11 rings (SSSR count). The third-order valence-corrected chi connectivity index (χ3v) is 13.4. The van der Waals surface area contributed by atoms with Gasteiger partial charge in [-0.2, -0.15) is 0 Å². The molecule has 0 aliphatic heterocycles. The first kappa shape index (κ1) is 39.9. The van der Waals surface area contributed by atoms with E-state index in [0.717, 1.165) is 29.8 Å². The Bertz CT molecular complexity index is 3290. The van der Waals surface area contributed by atoms with Crippen LogP contribution in [0, 0.1) is 27.7 Å². The Kier molecular flexibility index (Phi) is 10.1. The van der Waals surface area contributed by atoms with Crippen LogP contribution in [0.5, 0.6) is 0 Å². The average molecular weight is 817 g/mol. The molecule has 4 heteroatoms. The molecule has 0 N–H and O–H groups in total. The van der Waals surface area contributed by atoms with Crippen molar-refractivity contribution in [3.05, 3.63) is 214 Å². The summed E-state index contributed by atoms with van der Waals surface area (Å²) in [6.07, 6.45) is 2.20. The first-order chi connectivity index (χ1) is 30.6. The molecule has 0 radical (unpaired) electrons. The number of fused-ring (bicyclic) bond motifs is 6. The van der Waals surface area contributed by atoms with E-state index >= 15 is 0 Å². The third-order valence-electron chi connectivity index (χ3n) is 13.4. The van der Waals surface area contributed by atoms with Crippen molar-refractivity contribution in [3.63, 3.8) is 0 Å². The van der Waals surface area contributed by atoms with E-state index in [2.05, 4.69) is 190 Å². The molecule has 0 amide bonds. The van der Waals surface area contributed by atoms with E-state index in [1.807, 2.05) is 37.3 Å². The zero-order valence-electron chi connectivity index (χ0n) is 37.3. The summed E-state index contributed by atoms with van der Waals surface area (Å²) in [5, 5.41) is 2.68. The van der Waals surface area contributed by atoms with Gasteiger partial charge in [0.05, 0.1) is 11.0 Å². The lowest BCUT2D eigenvalue weighted by Gasteiger charge is -2.31. The Morgan fingerprint density at radius 3 is 1.78 bits per heavy atom. The molecular formula is C59H52N4. The van der Waals surface area contributed by atoms with Crippen LogP contribution in [0.2, 0.25) is 0 Å². The van der Waals surface area contributed by atoms with Gasteiger partial charge in [0.25, 0.3) is 0 Å². The maximum absolute atomic E-state index is 4.81. The lowest BCUT2D eigenvalue weighted by atomic mass is 9.73. The normalized spacial score (nSPS) is 14.1. The molecule has 308 valence electrons. The smallest absolute Gasteiger partial charge is 0.164 e. The van der Waals surface area contributed by atoms with Gasteiger partial charge in [-0.25, -0.2) is 15.0 Å². The molecule has 0 saturated carbocycles. The minimum absolute atomic E-state index is 0.0798. The van der Waals surface area contributed by atoms with Gasteiger partial charge >= 0.3 is 0 Å². The molecule has 2 aromatic heterocycles. The molecule has 63 heavy (non-hydrogen) atoms. The number of hydrogen-bond donors (Lipinski definition) is 0. The monoisotopic (exact) mass is 816 g/mol. The minimum Gasteiger partial charge on any atom is -0.309 e. The molecule has 9 aromatic rings. The number of para-hydroxylation sites is 2. The molecule has 0 saturated heterocycles. The minimum atomic E-state index is -0.0798. The molecule has 2 heterocycles. The summed E-state index contributed by atoms with van der Waals surface area (Å²) in [7, 11) is 0. The van der Waals surface area contributed by atoms with Gasteiger partial charge in [-0.1, -0.05) is 159 Å². The van der Waals surface area contributed by atoms with Crippen LogP contribution in [-0.4, -0.2) is 19.5 Å². The second kappa shape index (κ2) is 15.9. The van der Waals surface area contributed by atoms with Crippen LogP contribution in [0.25, 0.3) is 72.5 Å². The molecule has 0 atom stereocenters. The number of benzene rings is 7. The lowest BCUT2D eigenvalue weighted by Crippen LogP contribution is -2.21. The lowest BCUT2D eigenvalue weighted by molar-refractivity contribution is 0.646. The van der Waals surface area contributed by atoms with Crippen LogP contribution in [0.3, 0.4) is 0 Å². The van der Waals surface area contributed by atoms with Gasteiger partial charge in [0.2, 0.25) is 0 Å². The van der Waals surface area contributed by atoms with E-state index in [-0.39, 0.29) is 5.41 Å². The number of rotatable bonds is 5. The van der Waals surface area contributed by atoms with E-state index in [4.69, 9.17) is 4.98 Å². The molecule has 0 fully saturated rings. The Balaban J connectivity index is 0.000000156. The Labute approximate surface area is 371 Å². The molecule has 0 bridgehead atoms. The third kappa shape index (κ3) is 6.82. The highest BCUT2D eigenvalue weighted by atomic mass is 15.0. The zero-order chi connectivity index (χ0) is 43.4. The number of aryl methyl sites for hydroxylation is 4. The quantitative estimate of drug-likeness (QED) is 0.174. The van der Waals surface area contributed by atoms with E-state index in [0.29, 0.717) is 11.6 Å². The highest BCUT2D eigenvalue weighted by molar-refractivity contribution is 6.13. The second-order valence-electron chi connectivity index (χ2n) is 17.7. The van der Waals surface area contributed by atoms with Gasteiger partial charge in [-0.15, -0.1) is 0 Å². The van der Waals surface area contributed by atoms with Crippen LogP contribution >= 0.6 is 0 Å². The fourth-order valence-electron chi connectivity index (χ4n) is 10.6. The van der Waals surface area contributed by atoms with Crippen molar-refractivity contribution in [2.24, 2.45) is 0 Å². The molecule has 4 nitrogen and oxygen atoms in total. The van der Waals surface area contributed by atoms with Crippen molar-refractivity contribution in [1.29, 1.82) is 0 Å². The van der Waals surface area contributed by atoms with Crippen molar-refractivity contribution in [2.75, 3.05) is 0 Å². The molecule has 0 unspecified atom stereocenters. The topological polar surface area (TPSA) is 43.6 Å². The molecule has 0 spiro atoms. The molecule has 2 aliphatic carbocycles. The van der Waals surface area contributed by atoms with Gasteiger partial charge in [-0.05, 0) is 132 Å². The van der Waals surface area contributed by atoms with Crippen LogP contribution in [-0.2, 0) is 5.41 Å². The van der Waals surface area contributed by atoms with Crippen LogP contribution in [0.15, 0.2) is 175 Å². The highest BCUT2D eigenvalue weighted by Crippen LogP contribution is 2.57. The summed E-state index contributed by atoms with van der Waals surface area (Å²) in [5.41, 5.74) is 22.5. The van der Waals surface area contributed by atoms with E-state index in [1.54, 1.807) is 11.1 Å². The Morgan fingerprint density at radius 1 is 0.460 bits per heavy atom. The van der Waals surface area contributed by atoms with E-state index in [9.17, 15) is 0 Å². The number of hydrogen-bond acceptors (Lipinski definition) is 3. The summed E-state index contributed by atoms with van der Waals surface area (Å²) in [5.74, 6) is 2.13. The SMILES string of the molecule is CC1=C(c2ccccc2C)CCC2=C1C(C)(C)c1c2ccc2c3ccccc3n(-c3ccccc3)c12.Cc1nc(-c2ccccc2)nc(-c2cccc(C)c2-c2ccccc2C)n1. The van der Waals surface area contributed by atoms with E-state index < -0.39 is 0 Å². The summed E-state index contributed by atoms with van der Waals surface area (Å²) in [6.45, 7) is 15.7. The van der Waals surface area contributed by atoms with Gasteiger partial charge < -0.3 is 4.57 Å². The van der Waals surface area contributed by atoms with Crippen molar-refractivity contribution in [3.8, 4) is 39.6 Å². The first-order valence-electron chi connectivity index (χ1n) is 22.2. The van der Waals surface area contributed by atoms with Crippen molar-refractivity contribution in [2.45, 2.75) is 66.7 Å². The maximum Gasteiger partial charge on any atom is 0.164 e. The fourth-order valence-corrected chi connectivity index (χ4v) is 10.6. The summed E-state index contributed by atoms with van der Waals surface area (Å²) >= 11 is 0. The highest BCUT2D eigenvalue weighted by Gasteiger charge is 2.43. The Morgan fingerprint density at radius 2 is 1.05 bits per heavy atom. The van der Waals surface area contributed by atoms with Gasteiger partial charge in [0, 0.05) is 33.0 Å². The fraction of sp³-hybridized carbons (Fsp3) is 0.169. The molecule has 2 aliphatic rings. The predicted octanol–water partition coefficient (Wildman–Crippen LogP) is 15.2. The summed E-state index contributed by atoms with van der Waals surface area (Å²) in [6, 6.07) is 58.2. The Hall–Kier alpha value is -7.17. The van der Waals surface area contributed by atoms with Gasteiger partial charge in [-0.3, -0.25) is 0 Å². The molecule has 7 aromatic carbocycles. The van der Waals surface area contributed by atoms with Crippen molar-refractivity contribution >= 4 is 33.0 Å². The predicted molar refractivity (Wildman–Crippen MR) is 264 cm³/mol. The van der Waals surface area contributed by atoms with Crippen LogP contribution in [0.1, 0.15) is 72.8 Å².